The molecule has 30 heavy (non-hydrogen) atoms. The molecule has 2 amide bonds. The van der Waals surface area contributed by atoms with E-state index in [1.54, 1.807) is 28.9 Å². The highest BCUT2D eigenvalue weighted by Gasteiger charge is 2.28. The van der Waals surface area contributed by atoms with Crippen LogP contribution >= 0.6 is 0 Å². The van der Waals surface area contributed by atoms with Gasteiger partial charge in [-0.25, -0.2) is 9.48 Å². The molecule has 2 aromatic carbocycles. The molecule has 1 heterocycles. The van der Waals surface area contributed by atoms with E-state index in [1.165, 1.54) is 12.1 Å². The van der Waals surface area contributed by atoms with E-state index in [4.69, 9.17) is 4.74 Å². The fraction of sp³-hybridized carbons (Fsp3) is 0.238. The largest absolute Gasteiger partial charge is 0.484 e. The molecule has 158 valence electrons. The molecule has 3 rings (SSSR count). The molecule has 0 saturated carbocycles. The van der Waals surface area contributed by atoms with Gasteiger partial charge in [0.2, 0.25) is 0 Å². The Labute approximate surface area is 171 Å². The van der Waals surface area contributed by atoms with Crippen LogP contribution in [0.5, 0.6) is 5.75 Å². The maximum absolute atomic E-state index is 12.3. The zero-order valence-electron chi connectivity index (χ0n) is 16.5. The van der Waals surface area contributed by atoms with Crippen LogP contribution in [0, 0.1) is 13.8 Å². The van der Waals surface area contributed by atoms with Gasteiger partial charge in [-0.1, -0.05) is 18.2 Å². The summed E-state index contributed by atoms with van der Waals surface area (Å²) >= 11 is 0. The van der Waals surface area contributed by atoms with Crippen LogP contribution in [0.2, 0.25) is 0 Å². The van der Waals surface area contributed by atoms with E-state index < -0.39 is 18.8 Å². The van der Waals surface area contributed by atoms with Gasteiger partial charge < -0.3 is 15.4 Å². The summed E-state index contributed by atoms with van der Waals surface area (Å²) in [6, 6.07) is 14.9. The molecule has 0 spiro atoms. The lowest BCUT2D eigenvalue weighted by Crippen LogP contribution is -2.28. The number of benzene rings is 2. The van der Waals surface area contributed by atoms with Crippen LogP contribution in [0.1, 0.15) is 17.0 Å². The average Bonchev–Trinajstić information content (AvgIpc) is 3.03. The number of carbonyl (C=O) groups is 1. The number of ether oxygens (including phenoxy) is 1. The Kier molecular flexibility index (Phi) is 6.29. The fourth-order valence-electron chi connectivity index (χ4n) is 2.87. The van der Waals surface area contributed by atoms with Crippen LogP contribution in [-0.4, -0.2) is 28.6 Å². The second kappa shape index (κ2) is 8.89. The Balaban J connectivity index is 1.58. The summed E-state index contributed by atoms with van der Waals surface area (Å²) in [6.45, 7) is 2.61. The third-order valence-electron chi connectivity index (χ3n) is 4.11. The van der Waals surface area contributed by atoms with Gasteiger partial charge in [0.1, 0.15) is 5.75 Å². The van der Waals surface area contributed by atoms with Gasteiger partial charge in [0.15, 0.2) is 6.61 Å². The second-order valence-electron chi connectivity index (χ2n) is 6.75. The zero-order chi connectivity index (χ0) is 21.7. The molecular formula is C21H21F3N4O2. The van der Waals surface area contributed by atoms with Crippen molar-refractivity contribution in [2.24, 2.45) is 0 Å². The average molecular weight is 418 g/mol. The smallest absolute Gasteiger partial charge is 0.422 e. The van der Waals surface area contributed by atoms with E-state index in [1.807, 2.05) is 32.0 Å². The minimum absolute atomic E-state index is 0.0876. The number of aryl methyl sites for hydroxylation is 2. The van der Waals surface area contributed by atoms with Gasteiger partial charge in [-0.3, -0.25) is 0 Å². The molecule has 9 heteroatoms. The number of urea groups is 1. The van der Waals surface area contributed by atoms with Crippen molar-refractivity contribution in [1.29, 1.82) is 0 Å². The van der Waals surface area contributed by atoms with E-state index in [2.05, 4.69) is 15.7 Å². The van der Waals surface area contributed by atoms with Gasteiger partial charge in [-0.15, -0.1) is 0 Å². The maximum Gasteiger partial charge on any atom is 0.422 e. The second-order valence-corrected chi connectivity index (χ2v) is 6.75. The van der Waals surface area contributed by atoms with Crippen molar-refractivity contribution in [3.8, 4) is 11.4 Å². The quantitative estimate of drug-likeness (QED) is 0.607. The number of halogens is 3. The summed E-state index contributed by atoms with van der Waals surface area (Å²) in [6.07, 6.45) is -4.41. The molecule has 0 saturated heterocycles. The highest BCUT2D eigenvalue weighted by molar-refractivity contribution is 5.89. The Morgan fingerprint density at radius 3 is 2.57 bits per heavy atom. The van der Waals surface area contributed by atoms with Crippen molar-refractivity contribution >= 4 is 11.7 Å². The number of nitrogens with one attached hydrogen (secondary N) is 2. The molecule has 1 aromatic heterocycles. The number of rotatable bonds is 6. The van der Waals surface area contributed by atoms with Gasteiger partial charge in [0.05, 0.1) is 11.4 Å². The van der Waals surface area contributed by atoms with Crippen molar-refractivity contribution < 1.29 is 22.7 Å². The lowest BCUT2D eigenvalue weighted by atomic mass is 10.2. The summed E-state index contributed by atoms with van der Waals surface area (Å²) in [4.78, 5) is 12.2. The number of anilines is 1. The number of hydrogen-bond donors (Lipinski definition) is 2. The lowest BCUT2D eigenvalue weighted by Gasteiger charge is -2.12. The molecule has 0 fully saturated rings. The molecule has 0 radical (unpaired) electrons. The minimum atomic E-state index is -4.41. The first kappa shape index (κ1) is 21.2. The molecular weight excluding hydrogens is 397 g/mol. The van der Waals surface area contributed by atoms with Crippen molar-refractivity contribution in [1.82, 2.24) is 15.1 Å². The number of hydrogen-bond acceptors (Lipinski definition) is 3. The fourth-order valence-corrected chi connectivity index (χ4v) is 2.87. The molecule has 0 aliphatic carbocycles. The first-order chi connectivity index (χ1) is 14.2. The van der Waals surface area contributed by atoms with Crippen LogP contribution in [-0.2, 0) is 6.54 Å². The number of aromatic nitrogens is 2. The third-order valence-corrected chi connectivity index (χ3v) is 4.11. The van der Waals surface area contributed by atoms with E-state index in [-0.39, 0.29) is 12.3 Å². The Hall–Kier alpha value is -3.49. The molecule has 0 aliphatic rings. The zero-order valence-corrected chi connectivity index (χ0v) is 16.5. The van der Waals surface area contributed by atoms with Crippen molar-refractivity contribution in [2.45, 2.75) is 26.6 Å². The van der Waals surface area contributed by atoms with Crippen molar-refractivity contribution in [3.05, 3.63) is 71.5 Å². The maximum atomic E-state index is 12.3. The summed E-state index contributed by atoms with van der Waals surface area (Å²) in [7, 11) is 0. The van der Waals surface area contributed by atoms with Gasteiger partial charge in [-0.2, -0.15) is 18.3 Å². The van der Waals surface area contributed by atoms with E-state index >= 15 is 0 Å². The minimum Gasteiger partial charge on any atom is -0.484 e. The van der Waals surface area contributed by atoms with Crippen molar-refractivity contribution in [2.75, 3.05) is 11.9 Å². The van der Waals surface area contributed by atoms with E-state index in [0.29, 0.717) is 11.3 Å². The van der Waals surface area contributed by atoms with E-state index in [0.717, 1.165) is 17.1 Å². The lowest BCUT2D eigenvalue weighted by molar-refractivity contribution is -0.153. The molecule has 3 aromatic rings. The Morgan fingerprint density at radius 2 is 1.87 bits per heavy atom. The summed E-state index contributed by atoms with van der Waals surface area (Å²) in [5.74, 6) is 0.0876. The van der Waals surface area contributed by atoms with Crippen LogP contribution < -0.4 is 15.4 Å². The third kappa shape index (κ3) is 6.00. The SMILES string of the molecule is Cc1cc(C)n(-c2cccc(NC(=O)NCc3cccc(OCC(F)(F)F)c3)c2)n1. The summed E-state index contributed by atoms with van der Waals surface area (Å²) in [5, 5.41) is 9.83. The first-order valence-corrected chi connectivity index (χ1v) is 9.17. The van der Waals surface area contributed by atoms with Gasteiger partial charge >= 0.3 is 12.2 Å². The monoisotopic (exact) mass is 418 g/mol. The van der Waals surface area contributed by atoms with Gasteiger partial charge in [-0.05, 0) is 55.8 Å². The van der Waals surface area contributed by atoms with Crippen molar-refractivity contribution in [3.63, 3.8) is 0 Å². The first-order valence-electron chi connectivity index (χ1n) is 9.17. The van der Waals surface area contributed by atoms with Crippen LogP contribution in [0.4, 0.5) is 23.7 Å². The van der Waals surface area contributed by atoms with Gasteiger partial charge in [0, 0.05) is 17.9 Å². The van der Waals surface area contributed by atoms with E-state index in [9.17, 15) is 18.0 Å². The molecule has 6 nitrogen and oxygen atoms in total. The van der Waals surface area contributed by atoms with Crippen LogP contribution in [0.3, 0.4) is 0 Å². The summed E-state index contributed by atoms with van der Waals surface area (Å²) in [5.41, 5.74) is 3.88. The normalized spacial score (nSPS) is 11.2. The highest BCUT2D eigenvalue weighted by atomic mass is 19.4. The number of alkyl halides is 3. The molecule has 0 bridgehead atoms. The highest BCUT2D eigenvalue weighted by Crippen LogP contribution is 2.20. The van der Waals surface area contributed by atoms with Crippen LogP contribution in [0.15, 0.2) is 54.6 Å². The summed E-state index contributed by atoms with van der Waals surface area (Å²) < 4.78 is 43.3. The molecule has 0 aliphatic heterocycles. The van der Waals surface area contributed by atoms with Gasteiger partial charge in [0.25, 0.3) is 0 Å². The standard InChI is InChI=1S/C21H21F3N4O2/c1-14-9-15(2)28(27-14)18-7-4-6-17(11-18)26-20(29)25-12-16-5-3-8-19(10-16)30-13-21(22,23)24/h3-11H,12-13H2,1-2H3,(H2,25,26,29). The predicted molar refractivity (Wildman–Crippen MR) is 107 cm³/mol. The predicted octanol–water partition coefficient (Wildman–Crippen LogP) is 4.75. The molecule has 0 unspecified atom stereocenters. The number of amides is 2. The molecule has 0 atom stereocenters. The molecule has 2 N–H and O–H groups in total. The Bertz CT molecular complexity index is 1030. The Morgan fingerprint density at radius 1 is 1.10 bits per heavy atom. The van der Waals surface area contributed by atoms with Crippen LogP contribution in [0.25, 0.3) is 5.69 Å². The number of carbonyl (C=O) groups excluding carboxylic acids is 1. The number of nitrogens with zero attached hydrogens (tertiary/aromatic N) is 2. The topological polar surface area (TPSA) is 68.2 Å².